The summed E-state index contributed by atoms with van der Waals surface area (Å²) in [5.74, 6) is -0.315. The van der Waals surface area contributed by atoms with Crippen molar-refractivity contribution in [2.24, 2.45) is 0 Å². The van der Waals surface area contributed by atoms with Crippen molar-refractivity contribution in [3.8, 4) is 0 Å². The Balaban J connectivity index is 1.15. The van der Waals surface area contributed by atoms with Crippen molar-refractivity contribution in [1.29, 1.82) is 0 Å². The third-order valence-electron chi connectivity index (χ3n) is 7.59. The average Bonchev–Trinajstić information content (AvgIpc) is 3.47. The van der Waals surface area contributed by atoms with Crippen molar-refractivity contribution in [1.82, 2.24) is 44.5 Å². The highest BCUT2D eigenvalue weighted by Gasteiger charge is 2.82. The molecule has 1 aliphatic carbocycles. The van der Waals surface area contributed by atoms with Crippen molar-refractivity contribution < 1.29 is 57.3 Å². The summed E-state index contributed by atoms with van der Waals surface area (Å²) in [5.41, 5.74) is 8.33. The van der Waals surface area contributed by atoms with E-state index < -0.39 is 82.9 Å². The highest BCUT2D eigenvalue weighted by atomic mass is 31.2. The number of aliphatic hydroxyl groups excluding tert-OH is 3. The van der Waals surface area contributed by atoms with Crippen LogP contribution in [0.4, 0.5) is 11.8 Å². The SMILES string of the molecule is Nc1nc2c(ncn2[C@@H]2O[C@H](CO)[C@@H](O)[C@H]2OP(=O)(O)OC2[C@H]3O[C@@H](n4nnc5c(N)ncnc54)[C@H](O)[C@@]23O[PH](=O)O)c(=O)[nH]1. The zero-order valence-electron chi connectivity index (χ0n) is 22.2. The Bertz CT molecular complexity index is 1940. The molecule has 26 heteroatoms. The van der Waals surface area contributed by atoms with Gasteiger partial charge in [-0.1, -0.05) is 5.21 Å². The number of hydrogen-bond acceptors (Lipinski definition) is 19. The van der Waals surface area contributed by atoms with Crippen molar-refractivity contribution in [3.05, 3.63) is 23.0 Å². The number of rotatable bonds is 9. The lowest BCUT2D eigenvalue weighted by Crippen LogP contribution is -2.39. The normalized spacial score (nSPS) is 34.7. The van der Waals surface area contributed by atoms with Crippen molar-refractivity contribution in [2.75, 3.05) is 18.1 Å². The van der Waals surface area contributed by atoms with Crippen LogP contribution in [0.25, 0.3) is 22.3 Å². The quantitative estimate of drug-likeness (QED) is 0.0784. The third kappa shape index (κ3) is 4.66. The Labute approximate surface area is 248 Å². The Hall–Kier alpha value is -3.51. The Morgan fingerprint density at radius 3 is 2.64 bits per heavy atom. The van der Waals surface area contributed by atoms with Crippen LogP contribution in [-0.4, -0.2) is 118 Å². The van der Waals surface area contributed by atoms with Gasteiger partial charge >= 0.3 is 16.1 Å². The number of phosphoric ester groups is 1. The molecule has 0 amide bonds. The molecule has 3 aliphatic rings. The predicted molar refractivity (Wildman–Crippen MR) is 142 cm³/mol. The van der Waals surface area contributed by atoms with Crippen molar-refractivity contribution in [3.63, 3.8) is 0 Å². The number of fused-ring (bicyclic) bond motifs is 3. The second-order valence-corrected chi connectivity index (χ2v) is 12.3. The Kier molecular flexibility index (Phi) is 7.05. The van der Waals surface area contributed by atoms with Crippen LogP contribution in [0.15, 0.2) is 17.4 Å². The maximum atomic E-state index is 13.3. The van der Waals surface area contributed by atoms with Gasteiger partial charge in [0.15, 0.2) is 46.2 Å². The number of aromatic nitrogens is 9. The molecule has 0 spiro atoms. The largest absolute Gasteiger partial charge is 0.473 e. The van der Waals surface area contributed by atoms with Crippen LogP contribution in [0.3, 0.4) is 0 Å². The first-order chi connectivity index (χ1) is 21.4. The van der Waals surface area contributed by atoms with E-state index >= 15 is 0 Å². The first-order valence-electron chi connectivity index (χ1n) is 12.8. The Morgan fingerprint density at radius 2 is 1.91 bits per heavy atom. The number of nitrogens with two attached hydrogens (primary N) is 2. The summed E-state index contributed by atoms with van der Waals surface area (Å²) < 4.78 is 54.2. The molecule has 4 aromatic rings. The van der Waals surface area contributed by atoms with Gasteiger partial charge in [0.2, 0.25) is 5.95 Å². The van der Waals surface area contributed by atoms with Gasteiger partial charge in [-0.3, -0.25) is 32.5 Å². The van der Waals surface area contributed by atoms with Crippen LogP contribution in [0.1, 0.15) is 12.5 Å². The minimum atomic E-state index is -5.30. The van der Waals surface area contributed by atoms with Crippen LogP contribution in [0.2, 0.25) is 0 Å². The number of phosphoric acid groups is 1. The van der Waals surface area contributed by atoms with Crippen LogP contribution in [0, 0.1) is 0 Å². The minimum Gasteiger partial charge on any atom is -0.394 e. The highest BCUT2D eigenvalue weighted by molar-refractivity contribution is 7.47. The fourth-order valence-corrected chi connectivity index (χ4v) is 7.36. The molecule has 3 unspecified atom stereocenters. The van der Waals surface area contributed by atoms with E-state index in [9.17, 15) is 39.0 Å². The standard InChI is InChI=1S/C19H23N11O13P2/c20-12-5-13(23-2-22-12)30(28-27-5)17-9(33)19(43-44(35)36)10(40-17)11(19)42-45(37,38)41-8-7(32)4(1-31)39-16(8)29-3-24-6-14(29)25-18(21)26-15(6)34/h2-4,7-11,16-17,31-33,44H,1H2,(H,35,36)(H,37,38)(H2,20,22,23)(H3,21,25,26,34)/t4-,7-,8-,9+,10-,11?,16-,17-,19+/m1/s1. The number of nitrogen functional groups attached to an aromatic ring is 2. The zero-order chi connectivity index (χ0) is 32.0. The number of ether oxygens (including phenoxy) is 2. The number of nitrogens with one attached hydrogen (secondary N) is 1. The third-order valence-corrected chi connectivity index (χ3v) is 9.12. The summed E-state index contributed by atoms with van der Waals surface area (Å²) in [5, 5.41) is 39.4. The summed E-state index contributed by atoms with van der Waals surface area (Å²) >= 11 is 0. The van der Waals surface area contributed by atoms with Gasteiger partial charge in [0.25, 0.3) is 5.56 Å². The summed E-state index contributed by atoms with van der Waals surface area (Å²) in [6.07, 6.45) is -10.5. The van der Waals surface area contributed by atoms with Crippen molar-refractivity contribution >= 4 is 50.2 Å². The van der Waals surface area contributed by atoms with E-state index in [2.05, 4.69) is 35.2 Å². The van der Waals surface area contributed by atoms with E-state index in [1.807, 2.05) is 0 Å². The molecule has 7 rings (SSSR count). The van der Waals surface area contributed by atoms with Gasteiger partial charge in [0.1, 0.15) is 43.0 Å². The number of aliphatic hydroxyl groups is 3. The fourth-order valence-electron chi connectivity index (χ4n) is 5.55. The van der Waals surface area contributed by atoms with Crippen LogP contribution < -0.4 is 17.0 Å². The number of aromatic amines is 1. The van der Waals surface area contributed by atoms with E-state index in [1.165, 1.54) is 0 Å². The van der Waals surface area contributed by atoms with Crippen molar-refractivity contribution in [2.45, 2.75) is 54.7 Å². The molecule has 6 heterocycles. The molecule has 2 saturated heterocycles. The monoisotopic (exact) mass is 675 g/mol. The van der Waals surface area contributed by atoms with Gasteiger partial charge in [-0.05, 0) is 0 Å². The van der Waals surface area contributed by atoms with E-state index in [1.54, 1.807) is 0 Å². The molecule has 0 aromatic carbocycles. The second-order valence-electron chi connectivity index (χ2n) is 10.2. The Morgan fingerprint density at radius 1 is 1.13 bits per heavy atom. The molecule has 45 heavy (non-hydrogen) atoms. The predicted octanol–water partition coefficient (Wildman–Crippen LogP) is -3.95. The zero-order valence-corrected chi connectivity index (χ0v) is 24.1. The van der Waals surface area contributed by atoms with E-state index in [-0.39, 0.29) is 34.1 Å². The topological polar surface area (TPSA) is 354 Å². The highest BCUT2D eigenvalue weighted by Crippen LogP contribution is 2.65. The van der Waals surface area contributed by atoms with E-state index in [0.717, 1.165) is 21.9 Å². The van der Waals surface area contributed by atoms with Crippen LogP contribution in [0.5, 0.6) is 0 Å². The molecule has 1 saturated carbocycles. The van der Waals surface area contributed by atoms with Gasteiger partial charge in [-0.25, -0.2) is 19.5 Å². The fraction of sp³-hybridized carbons (Fsp3) is 0.526. The van der Waals surface area contributed by atoms with Gasteiger partial charge in [0.05, 0.1) is 12.9 Å². The average molecular weight is 675 g/mol. The minimum absolute atomic E-state index is 0.0237. The molecule has 11 atom stereocenters. The summed E-state index contributed by atoms with van der Waals surface area (Å²) in [7, 11) is -9.12. The number of H-pyrrole nitrogens is 1. The number of anilines is 2. The molecular weight excluding hydrogens is 652 g/mol. The first-order valence-corrected chi connectivity index (χ1v) is 15.6. The molecular formula is C19H23N11O13P2. The molecule has 24 nitrogen and oxygen atoms in total. The van der Waals surface area contributed by atoms with Crippen LogP contribution in [-0.2, 0) is 32.2 Å². The smallest absolute Gasteiger partial charge is 0.394 e. The molecule has 0 bridgehead atoms. The summed E-state index contributed by atoms with van der Waals surface area (Å²) in [6.45, 7) is -0.752. The molecule has 4 aromatic heterocycles. The lowest BCUT2D eigenvalue weighted by Gasteiger charge is -2.27. The lowest BCUT2D eigenvalue weighted by molar-refractivity contribution is -0.0971. The maximum absolute atomic E-state index is 13.3. The van der Waals surface area contributed by atoms with Gasteiger partial charge in [0, 0.05) is 0 Å². The van der Waals surface area contributed by atoms with Crippen LogP contribution >= 0.6 is 16.1 Å². The summed E-state index contributed by atoms with van der Waals surface area (Å²) in [6, 6.07) is 0. The summed E-state index contributed by atoms with van der Waals surface area (Å²) in [4.78, 5) is 50.6. The molecule has 0 radical (unpaired) electrons. The maximum Gasteiger partial charge on any atom is 0.473 e. The molecule has 242 valence electrons. The number of imidazole rings is 1. The number of hydrogen-bond donors (Lipinski definition) is 8. The first kappa shape index (κ1) is 30.2. The molecule has 2 aliphatic heterocycles. The van der Waals surface area contributed by atoms with Gasteiger partial charge in [-0.2, -0.15) is 9.67 Å². The van der Waals surface area contributed by atoms with Gasteiger partial charge in [-0.15, -0.1) is 5.10 Å². The van der Waals surface area contributed by atoms with E-state index in [4.69, 9.17) is 34.5 Å². The second kappa shape index (κ2) is 10.5. The molecule has 10 N–H and O–H groups in total. The van der Waals surface area contributed by atoms with E-state index in [0.29, 0.717) is 0 Å². The lowest BCUT2D eigenvalue weighted by atomic mass is 10.1. The van der Waals surface area contributed by atoms with Gasteiger partial charge < -0.3 is 46.0 Å². The number of nitrogens with zero attached hydrogens (tertiary/aromatic N) is 8. The molecule has 3 fully saturated rings.